The van der Waals surface area contributed by atoms with Gasteiger partial charge in [0.15, 0.2) is 0 Å². The molecule has 4 heteroatoms. The maximum atomic E-state index is 12.6. The van der Waals surface area contributed by atoms with E-state index < -0.39 is 5.97 Å². The molecular weight excluding hydrogens is 254 g/mol. The molecule has 0 atom stereocenters. The zero-order chi connectivity index (χ0) is 14.8. The number of aromatic carboxylic acids is 1. The van der Waals surface area contributed by atoms with Gasteiger partial charge in [0.25, 0.3) is 5.91 Å². The molecule has 1 fully saturated rings. The molecule has 0 spiro atoms. The third kappa shape index (κ3) is 2.55. The molecule has 20 heavy (non-hydrogen) atoms. The van der Waals surface area contributed by atoms with Crippen molar-refractivity contribution in [2.45, 2.75) is 33.1 Å². The van der Waals surface area contributed by atoms with E-state index in [1.807, 2.05) is 0 Å². The molecule has 1 amide bonds. The lowest BCUT2D eigenvalue weighted by atomic mass is 9.82. The highest BCUT2D eigenvalue weighted by Gasteiger charge is 2.37. The Hall–Kier alpha value is -1.84. The molecular formula is C16H21NO3. The molecule has 108 valence electrons. The molecule has 1 aromatic carbocycles. The van der Waals surface area contributed by atoms with Crippen molar-refractivity contribution in [1.82, 2.24) is 4.90 Å². The molecule has 4 nitrogen and oxygen atoms in total. The zero-order valence-corrected chi connectivity index (χ0v) is 12.1. The number of hydrogen-bond donors (Lipinski definition) is 1. The van der Waals surface area contributed by atoms with Crippen LogP contribution in [0.2, 0.25) is 0 Å². The SMILES string of the molecule is CCC1(CC)CCN(C(=O)c2ccccc2C(=O)O)C1. The van der Waals surface area contributed by atoms with Crippen molar-refractivity contribution in [3.05, 3.63) is 35.4 Å². The van der Waals surface area contributed by atoms with E-state index in [-0.39, 0.29) is 16.9 Å². The standard InChI is InChI=1S/C16H21NO3/c1-3-16(4-2)9-10-17(11-16)14(18)12-7-5-6-8-13(12)15(19)20/h5-8H,3-4,9-11H2,1-2H3,(H,19,20). The normalized spacial score (nSPS) is 17.2. The number of carbonyl (C=O) groups is 2. The van der Waals surface area contributed by atoms with Crippen LogP contribution in [0.3, 0.4) is 0 Å². The molecule has 1 aliphatic rings. The Morgan fingerprint density at radius 3 is 2.30 bits per heavy atom. The number of amides is 1. The number of rotatable bonds is 4. The first-order valence-electron chi connectivity index (χ1n) is 7.14. The minimum absolute atomic E-state index is 0.0861. The monoisotopic (exact) mass is 275 g/mol. The average molecular weight is 275 g/mol. The largest absolute Gasteiger partial charge is 0.478 e. The van der Waals surface area contributed by atoms with Crippen molar-refractivity contribution in [2.24, 2.45) is 5.41 Å². The zero-order valence-electron chi connectivity index (χ0n) is 12.1. The molecule has 0 aliphatic carbocycles. The lowest BCUT2D eigenvalue weighted by molar-refractivity contribution is 0.0678. The molecule has 1 saturated heterocycles. The highest BCUT2D eigenvalue weighted by Crippen LogP contribution is 2.37. The molecule has 2 rings (SSSR count). The fraction of sp³-hybridized carbons (Fsp3) is 0.500. The highest BCUT2D eigenvalue weighted by molar-refractivity contribution is 6.04. The van der Waals surface area contributed by atoms with E-state index in [2.05, 4.69) is 13.8 Å². The predicted molar refractivity (Wildman–Crippen MR) is 76.9 cm³/mol. The third-order valence-corrected chi connectivity index (χ3v) is 4.61. The van der Waals surface area contributed by atoms with Crippen molar-refractivity contribution in [3.8, 4) is 0 Å². The Balaban J connectivity index is 2.24. The first-order chi connectivity index (χ1) is 9.53. The van der Waals surface area contributed by atoms with Gasteiger partial charge in [-0.3, -0.25) is 4.79 Å². The summed E-state index contributed by atoms with van der Waals surface area (Å²) in [7, 11) is 0. The van der Waals surface area contributed by atoms with Crippen LogP contribution in [-0.4, -0.2) is 35.0 Å². The molecule has 0 saturated carbocycles. The van der Waals surface area contributed by atoms with E-state index in [0.29, 0.717) is 12.1 Å². The third-order valence-electron chi connectivity index (χ3n) is 4.61. The van der Waals surface area contributed by atoms with Crippen LogP contribution in [0.25, 0.3) is 0 Å². The van der Waals surface area contributed by atoms with E-state index in [1.165, 1.54) is 6.07 Å². The van der Waals surface area contributed by atoms with E-state index in [0.717, 1.165) is 25.8 Å². The molecule has 1 aromatic rings. The van der Waals surface area contributed by atoms with Gasteiger partial charge in [-0.05, 0) is 36.8 Å². The van der Waals surface area contributed by atoms with Crippen LogP contribution in [0.15, 0.2) is 24.3 Å². The number of likely N-dealkylation sites (tertiary alicyclic amines) is 1. The van der Waals surface area contributed by atoms with Crippen LogP contribution < -0.4 is 0 Å². The number of nitrogens with zero attached hydrogens (tertiary/aromatic N) is 1. The summed E-state index contributed by atoms with van der Waals surface area (Å²) in [6, 6.07) is 6.44. The van der Waals surface area contributed by atoms with Gasteiger partial charge in [-0.15, -0.1) is 0 Å². The predicted octanol–water partition coefficient (Wildman–Crippen LogP) is 3.04. The lowest BCUT2D eigenvalue weighted by Crippen LogP contribution is -2.32. The van der Waals surface area contributed by atoms with Crippen LogP contribution in [0.5, 0.6) is 0 Å². The Morgan fingerprint density at radius 2 is 1.80 bits per heavy atom. The summed E-state index contributed by atoms with van der Waals surface area (Å²) >= 11 is 0. The number of carboxylic acids is 1. The van der Waals surface area contributed by atoms with Gasteiger partial charge in [-0.1, -0.05) is 26.0 Å². The topological polar surface area (TPSA) is 57.6 Å². The van der Waals surface area contributed by atoms with Crippen LogP contribution in [0.4, 0.5) is 0 Å². The van der Waals surface area contributed by atoms with Gasteiger partial charge in [0.1, 0.15) is 0 Å². The summed E-state index contributed by atoms with van der Waals surface area (Å²) in [4.78, 5) is 25.6. The highest BCUT2D eigenvalue weighted by atomic mass is 16.4. The molecule has 0 unspecified atom stereocenters. The van der Waals surface area contributed by atoms with Crippen molar-refractivity contribution in [1.29, 1.82) is 0 Å². The fourth-order valence-corrected chi connectivity index (χ4v) is 2.96. The molecule has 1 N–H and O–H groups in total. The molecule has 0 radical (unpaired) electrons. The smallest absolute Gasteiger partial charge is 0.336 e. The molecule has 0 aromatic heterocycles. The maximum Gasteiger partial charge on any atom is 0.336 e. The van der Waals surface area contributed by atoms with Gasteiger partial charge < -0.3 is 10.0 Å². The van der Waals surface area contributed by atoms with Crippen LogP contribution in [-0.2, 0) is 0 Å². The minimum Gasteiger partial charge on any atom is -0.478 e. The molecule has 0 bridgehead atoms. The summed E-state index contributed by atoms with van der Waals surface area (Å²) in [6.07, 6.45) is 3.10. The summed E-state index contributed by atoms with van der Waals surface area (Å²) in [6.45, 7) is 5.76. The second kappa shape index (κ2) is 5.65. The first kappa shape index (κ1) is 14.6. The summed E-state index contributed by atoms with van der Waals surface area (Å²) < 4.78 is 0. The second-order valence-electron chi connectivity index (χ2n) is 5.53. The second-order valence-corrected chi connectivity index (χ2v) is 5.53. The summed E-state index contributed by atoms with van der Waals surface area (Å²) in [5.41, 5.74) is 0.583. The Bertz CT molecular complexity index is 520. The van der Waals surface area contributed by atoms with E-state index in [9.17, 15) is 14.7 Å². The quantitative estimate of drug-likeness (QED) is 0.918. The fourth-order valence-electron chi connectivity index (χ4n) is 2.96. The van der Waals surface area contributed by atoms with Crippen molar-refractivity contribution in [2.75, 3.05) is 13.1 Å². The van der Waals surface area contributed by atoms with Gasteiger partial charge in [-0.2, -0.15) is 0 Å². The van der Waals surface area contributed by atoms with E-state index >= 15 is 0 Å². The van der Waals surface area contributed by atoms with Crippen LogP contribution in [0, 0.1) is 5.41 Å². The molecule has 1 heterocycles. The van der Waals surface area contributed by atoms with Gasteiger partial charge in [0, 0.05) is 13.1 Å². The van der Waals surface area contributed by atoms with E-state index in [4.69, 9.17) is 0 Å². The van der Waals surface area contributed by atoms with Crippen LogP contribution >= 0.6 is 0 Å². The lowest BCUT2D eigenvalue weighted by Gasteiger charge is -2.26. The van der Waals surface area contributed by atoms with E-state index in [1.54, 1.807) is 23.1 Å². The van der Waals surface area contributed by atoms with Gasteiger partial charge in [0.05, 0.1) is 11.1 Å². The Kier molecular flexibility index (Phi) is 4.12. The van der Waals surface area contributed by atoms with Gasteiger partial charge >= 0.3 is 5.97 Å². The average Bonchev–Trinajstić information content (AvgIpc) is 2.91. The van der Waals surface area contributed by atoms with Gasteiger partial charge in [0.2, 0.25) is 0 Å². The van der Waals surface area contributed by atoms with Crippen molar-refractivity contribution in [3.63, 3.8) is 0 Å². The Morgan fingerprint density at radius 1 is 1.20 bits per heavy atom. The van der Waals surface area contributed by atoms with Crippen molar-refractivity contribution < 1.29 is 14.7 Å². The number of carbonyl (C=O) groups excluding carboxylic acids is 1. The number of carboxylic acid groups (broad SMARTS) is 1. The minimum atomic E-state index is -1.05. The maximum absolute atomic E-state index is 12.6. The summed E-state index contributed by atoms with van der Waals surface area (Å²) in [5, 5.41) is 9.18. The summed E-state index contributed by atoms with van der Waals surface area (Å²) in [5.74, 6) is -1.21. The number of hydrogen-bond acceptors (Lipinski definition) is 2. The molecule has 1 aliphatic heterocycles. The van der Waals surface area contributed by atoms with Gasteiger partial charge in [-0.25, -0.2) is 4.79 Å². The van der Waals surface area contributed by atoms with Crippen LogP contribution in [0.1, 0.15) is 53.8 Å². The first-order valence-corrected chi connectivity index (χ1v) is 7.14. The van der Waals surface area contributed by atoms with Crippen molar-refractivity contribution >= 4 is 11.9 Å². The number of benzene rings is 1. The Labute approximate surface area is 119 Å².